The van der Waals surface area contributed by atoms with Crippen LogP contribution in [0, 0.1) is 0 Å². The van der Waals surface area contributed by atoms with Gasteiger partial charge in [-0.15, -0.1) is 0 Å². The molecule has 0 bridgehead atoms. The average molecular weight is 278 g/mol. The number of esters is 1. The number of amides is 2. The molecule has 0 N–H and O–H groups in total. The van der Waals surface area contributed by atoms with Gasteiger partial charge in [-0.2, -0.15) is 0 Å². The van der Waals surface area contributed by atoms with E-state index in [-0.39, 0.29) is 12.6 Å². The molecule has 7 nitrogen and oxygen atoms in total. The lowest BCUT2D eigenvalue weighted by atomic mass is 10.2. The summed E-state index contributed by atoms with van der Waals surface area (Å²) >= 11 is 0. The highest BCUT2D eigenvalue weighted by Gasteiger charge is 2.41. The number of urea groups is 1. The summed E-state index contributed by atoms with van der Waals surface area (Å²) in [4.78, 5) is 34.9. The monoisotopic (exact) mass is 278 g/mol. The predicted molar refractivity (Wildman–Crippen MR) is 72.2 cm³/mol. The maximum atomic E-state index is 12.2. The topological polar surface area (TPSA) is 75.6 Å². The molecule has 0 spiro atoms. The fraction of sp³-hybridized carbons (Fsp3) is 0.538. The minimum absolute atomic E-state index is 0.234. The van der Waals surface area contributed by atoms with Crippen molar-refractivity contribution in [3.8, 4) is 0 Å². The van der Waals surface area contributed by atoms with E-state index in [0.29, 0.717) is 5.69 Å². The number of carbonyl (C=O) groups excluding carboxylic acids is 2. The van der Waals surface area contributed by atoms with E-state index in [1.807, 2.05) is 0 Å². The Kier molecular flexibility index (Phi) is 3.61. The fourth-order valence-corrected chi connectivity index (χ4v) is 1.95. The van der Waals surface area contributed by atoms with Crippen LogP contribution in [0.3, 0.4) is 0 Å². The average Bonchev–Trinajstić information content (AvgIpc) is 2.66. The number of hydrogen-bond donors (Lipinski definition) is 0. The molecular formula is C13H18N4O3. The summed E-state index contributed by atoms with van der Waals surface area (Å²) in [6.45, 7) is 5.62. The standard InChI is InChI=1S/C13H18N4O3/c1-13(2,3)20-11(18)10-7-17(12(19)16(10)4)9-5-14-8-15-6-9/h5-6,8,10H,7H2,1-4H3. The van der Waals surface area contributed by atoms with Crippen molar-refractivity contribution in [3.05, 3.63) is 18.7 Å². The van der Waals surface area contributed by atoms with Gasteiger partial charge in [0.25, 0.3) is 0 Å². The first kappa shape index (κ1) is 14.2. The predicted octanol–water partition coefficient (Wildman–Crippen LogP) is 1.06. The van der Waals surface area contributed by atoms with Crippen molar-refractivity contribution in [2.45, 2.75) is 32.4 Å². The van der Waals surface area contributed by atoms with Gasteiger partial charge >= 0.3 is 12.0 Å². The number of hydrogen-bond acceptors (Lipinski definition) is 5. The summed E-state index contributed by atoms with van der Waals surface area (Å²) in [5.74, 6) is -0.410. The smallest absolute Gasteiger partial charge is 0.331 e. The molecule has 1 aromatic rings. The Morgan fingerprint density at radius 3 is 2.50 bits per heavy atom. The van der Waals surface area contributed by atoms with Gasteiger partial charge in [0.15, 0.2) is 0 Å². The van der Waals surface area contributed by atoms with Crippen molar-refractivity contribution in [3.63, 3.8) is 0 Å². The number of anilines is 1. The van der Waals surface area contributed by atoms with E-state index in [4.69, 9.17) is 4.74 Å². The first-order chi connectivity index (χ1) is 9.29. The molecule has 108 valence electrons. The molecule has 0 aliphatic carbocycles. The lowest BCUT2D eigenvalue weighted by molar-refractivity contribution is -0.158. The van der Waals surface area contributed by atoms with Crippen LogP contribution < -0.4 is 4.90 Å². The van der Waals surface area contributed by atoms with E-state index in [0.717, 1.165) is 0 Å². The van der Waals surface area contributed by atoms with E-state index in [1.54, 1.807) is 27.8 Å². The quantitative estimate of drug-likeness (QED) is 0.756. The van der Waals surface area contributed by atoms with Crippen LogP contribution in [0.15, 0.2) is 18.7 Å². The van der Waals surface area contributed by atoms with Crippen LogP contribution in [0.4, 0.5) is 10.5 Å². The molecule has 7 heteroatoms. The van der Waals surface area contributed by atoms with Crippen LogP contribution in [0.5, 0.6) is 0 Å². The minimum Gasteiger partial charge on any atom is -0.458 e. The second-order valence-electron chi connectivity index (χ2n) is 5.65. The summed E-state index contributed by atoms with van der Waals surface area (Å²) in [6, 6.07) is -0.891. The van der Waals surface area contributed by atoms with E-state index < -0.39 is 17.6 Å². The Morgan fingerprint density at radius 2 is 1.95 bits per heavy atom. The van der Waals surface area contributed by atoms with Crippen LogP contribution in [0.25, 0.3) is 0 Å². The third-order valence-electron chi connectivity index (χ3n) is 2.89. The second kappa shape index (κ2) is 5.07. The van der Waals surface area contributed by atoms with Crippen LogP contribution in [0.1, 0.15) is 20.8 Å². The highest BCUT2D eigenvalue weighted by atomic mass is 16.6. The molecule has 1 unspecified atom stereocenters. The molecule has 1 aromatic heterocycles. The van der Waals surface area contributed by atoms with Crippen molar-refractivity contribution >= 4 is 17.7 Å². The molecule has 1 aliphatic heterocycles. The Morgan fingerprint density at radius 1 is 1.35 bits per heavy atom. The van der Waals surface area contributed by atoms with Crippen molar-refractivity contribution in [2.24, 2.45) is 0 Å². The molecule has 2 heterocycles. The summed E-state index contributed by atoms with van der Waals surface area (Å²) in [7, 11) is 1.58. The SMILES string of the molecule is CN1C(=O)N(c2cncnc2)CC1C(=O)OC(C)(C)C. The molecule has 1 atom stereocenters. The van der Waals surface area contributed by atoms with Gasteiger partial charge in [0, 0.05) is 7.05 Å². The fourth-order valence-electron chi connectivity index (χ4n) is 1.95. The van der Waals surface area contributed by atoms with Gasteiger partial charge in [-0.3, -0.25) is 4.90 Å². The largest absolute Gasteiger partial charge is 0.458 e. The lowest BCUT2D eigenvalue weighted by Gasteiger charge is -2.24. The van der Waals surface area contributed by atoms with Crippen molar-refractivity contribution in [1.82, 2.24) is 14.9 Å². The molecule has 1 aliphatic rings. The second-order valence-corrected chi connectivity index (χ2v) is 5.65. The molecule has 0 saturated carbocycles. The number of nitrogens with zero attached hydrogens (tertiary/aromatic N) is 4. The molecule has 0 radical (unpaired) electrons. The third kappa shape index (κ3) is 2.87. The number of carbonyl (C=O) groups is 2. The molecule has 2 amide bonds. The molecule has 1 fully saturated rings. The zero-order valence-electron chi connectivity index (χ0n) is 12.0. The van der Waals surface area contributed by atoms with Crippen LogP contribution in [0.2, 0.25) is 0 Å². The Hall–Kier alpha value is -2.18. The van der Waals surface area contributed by atoms with E-state index in [9.17, 15) is 9.59 Å². The van der Waals surface area contributed by atoms with Crippen LogP contribution in [-0.2, 0) is 9.53 Å². The highest BCUT2D eigenvalue weighted by Crippen LogP contribution is 2.23. The summed E-state index contributed by atoms with van der Waals surface area (Å²) in [5.41, 5.74) is -0.0139. The maximum Gasteiger partial charge on any atom is 0.331 e. The normalized spacial score (nSPS) is 19.4. The van der Waals surface area contributed by atoms with E-state index in [1.165, 1.54) is 28.5 Å². The Labute approximate surface area is 117 Å². The molecule has 1 saturated heterocycles. The molecule has 0 aromatic carbocycles. The van der Waals surface area contributed by atoms with Crippen molar-refractivity contribution < 1.29 is 14.3 Å². The van der Waals surface area contributed by atoms with E-state index >= 15 is 0 Å². The molecule has 20 heavy (non-hydrogen) atoms. The van der Waals surface area contributed by atoms with E-state index in [2.05, 4.69) is 9.97 Å². The van der Waals surface area contributed by atoms with Gasteiger partial charge in [-0.1, -0.05) is 0 Å². The lowest BCUT2D eigenvalue weighted by Crippen LogP contribution is -2.40. The van der Waals surface area contributed by atoms with Gasteiger partial charge in [-0.05, 0) is 20.8 Å². The highest BCUT2D eigenvalue weighted by molar-refractivity contribution is 5.98. The number of ether oxygens (including phenoxy) is 1. The number of rotatable bonds is 2. The van der Waals surface area contributed by atoms with Crippen LogP contribution in [-0.4, -0.2) is 52.1 Å². The van der Waals surface area contributed by atoms with Crippen molar-refractivity contribution in [1.29, 1.82) is 0 Å². The number of aromatic nitrogens is 2. The Bertz CT molecular complexity index is 512. The van der Waals surface area contributed by atoms with Gasteiger partial charge in [0.1, 0.15) is 18.0 Å². The van der Waals surface area contributed by atoms with Gasteiger partial charge in [0.2, 0.25) is 0 Å². The molecular weight excluding hydrogens is 260 g/mol. The maximum absolute atomic E-state index is 12.2. The summed E-state index contributed by atoms with van der Waals surface area (Å²) in [5, 5.41) is 0. The van der Waals surface area contributed by atoms with Gasteiger partial charge < -0.3 is 9.64 Å². The van der Waals surface area contributed by atoms with Gasteiger partial charge in [-0.25, -0.2) is 19.6 Å². The van der Waals surface area contributed by atoms with Gasteiger partial charge in [0.05, 0.1) is 24.6 Å². The third-order valence-corrected chi connectivity index (χ3v) is 2.89. The zero-order chi connectivity index (χ0) is 14.9. The first-order valence-corrected chi connectivity index (χ1v) is 6.32. The molecule has 2 rings (SSSR count). The Balaban J connectivity index is 2.15. The van der Waals surface area contributed by atoms with Crippen molar-refractivity contribution in [2.75, 3.05) is 18.5 Å². The summed E-state index contributed by atoms with van der Waals surface area (Å²) in [6.07, 6.45) is 4.46. The zero-order valence-corrected chi connectivity index (χ0v) is 12.0. The minimum atomic E-state index is -0.623. The van der Waals surface area contributed by atoms with Crippen LogP contribution >= 0.6 is 0 Å². The number of likely N-dealkylation sites (N-methyl/N-ethyl adjacent to an activating group) is 1. The summed E-state index contributed by atoms with van der Waals surface area (Å²) < 4.78 is 5.33. The first-order valence-electron chi connectivity index (χ1n) is 6.32.